The maximum absolute atomic E-state index is 14.2. The molecule has 0 aromatic heterocycles. The van der Waals surface area contributed by atoms with E-state index in [9.17, 15) is 40.2 Å². The van der Waals surface area contributed by atoms with Crippen molar-refractivity contribution in [1.82, 2.24) is 0 Å². The molecule has 4 saturated carbocycles. The highest BCUT2D eigenvalue weighted by molar-refractivity contribution is 5.94. The molecule has 12 heteroatoms. The molecule has 1 spiro atoms. The number of cyclic esters (lactones) is 1. The van der Waals surface area contributed by atoms with Crippen molar-refractivity contribution >= 4 is 11.8 Å². The van der Waals surface area contributed by atoms with Gasteiger partial charge in [-0.15, -0.1) is 0 Å². The van der Waals surface area contributed by atoms with Crippen LogP contribution in [0.5, 0.6) is 0 Å². The molecule has 0 radical (unpaired) electrons. The molecule has 0 aromatic rings. The zero-order chi connectivity index (χ0) is 29.3. The molecule has 2 saturated heterocycles. The topological polar surface area (TPSA) is 196 Å². The van der Waals surface area contributed by atoms with Crippen molar-refractivity contribution in [2.75, 3.05) is 13.2 Å². The fraction of sp³-hybridized carbons (Fsp3) is 0.862. The summed E-state index contributed by atoms with van der Waals surface area (Å²) in [5.41, 5.74) is -4.85. The second kappa shape index (κ2) is 8.80. The van der Waals surface area contributed by atoms with Crippen LogP contribution in [-0.2, 0) is 28.5 Å². The molecule has 6 fully saturated rings. The molecule has 228 valence electrons. The lowest BCUT2D eigenvalue weighted by Gasteiger charge is -2.63. The maximum Gasteiger partial charge on any atom is 0.331 e. The Bertz CT molecular complexity index is 1190. The van der Waals surface area contributed by atoms with Crippen molar-refractivity contribution in [3.63, 3.8) is 0 Å². The third-order valence-electron chi connectivity index (χ3n) is 12.3. The van der Waals surface area contributed by atoms with Gasteiger partial charge in [-0.05, 0) is 61.9 Å². The Labute approximate surface area is 237 Å². The molecule has 4 aliphatic carbocycles. The molecular formula is C29H40O12. The Hall–Kier alpha value is -1.48. The number of epoxide rings is 1. The number of ether oxygens (including phenoxy) is 4. The summed E-state index contributed by atoms with van der Waals surface area (Å²) in [6.45, 7) is 3.18. The van der Waals surface area contributed by atoms with Gasteiger partial charge in [0.15, 0.2) is 23.5 Å². The average Bonchev–Trinajstić information content (AvgIpc) is 3.16. The van der Waals surface area contributed by atoms with Gasteiger partial charge in [-0.2, -0.15) is 0 Å². The van der Waals surface area contributed by atoms with E-state index in [-0.39, 0.29) is 37.9 Å². The molecule has 7 rings (SSSR count). The van der Waals surface area contributed by atoms with E-state index in [1.54, 1.807) is 6.92 Å². The summed E-state index contributed by atoms with van der Waals surface area (Å²) in [6, 6.07) is 0. The summed E-state index contributed by atoms with van der Waals surface area (Å²) in [4.78, 5) is 26.0. The van der Waals surface area contributed by atoms with Crippen LogP contribution in [0, 0.1) is 28.6 Å². The third-order valence-corrected chi connectivity index (χ3v) is 12.3. The summed E-state index contributed by atoms with van der Waals surface area (Å²) < 4.78 is 23.2. The molecule has 41 heavy (non-hydrogen) atoms. The van der Waals surface area contributed by atoms with E-state index in [2.05, 4.69) is 0 Å². The van der Waals surface area contributed by atoms with Gasteiger partial charge in [-0.3, -0.25) is 4.79 Å². The van der Waals surface area contributed by atoms with Crippen LogP contribution in [0.15, 0.2) is 11.6 Å². The fourth-order valence-corrected chi connectivity index (χ4v) is 10.1. The van der Waals surface area contributed by atoms with Crippen LogP contribution in [0.2, 0.25) is 0 Å². The summed E-state index contributed by atoms with van der Waals surface area (Å²) >= 11 is 0. The molecule has 7 aliphatic rings. The largest absolute Gasteiger partial charge is 0.458 e. The number of aliphatic hydroxyl groups is 6. The molecular weight excluding hydrogens is 540 g/mol. The minimum atomic E-state index is -1.76. The third kappa shape index (κ3) is 3.37. The number of fused-ring (bicyclic) bond motifs is 3. The zero-order valence-corrected chi connectivity index (χ0v) is 23.3. The van der Waals surface area contributed by atoms with Crippen LogP contribution in [0.3, 0.4) is 0 Å². The van der Waals surface area contributed by atoms with Gasteiger partial charge in [-0.1, -0.05) is 6.92 Å². The highest BCUT2D eigenvalue weighted by Gasteiger charge is 2.94. The monoisotopic (exact) mass is 580 g/mol. The first kappa shape index (κ1) is 28.3. The summed E-state index contributed by atoms with van der Waals surface area (Å²) in [5.74, 6) is -4.38. The van der Waals surface area contributed by atoms with Gasteiger partial charge in [0.25, 0.3) is 0 Å². The van der Waals surface area contributed by atoms with E-state index in [0.717, 1.165) is 0 Å². The number of carbonyl (C=O) groups is 2. The van der Waals surface area contributed by atoms with Crippen molar-refractivity contribution < 1.29 is 59.2 Å². The van der Waals surface area contributed by atoms with Crippen molar-refractivity contribution in [3.05, 3.63) is 11.6 Å². The number of esters is 1. The SMILES string of the molecule is C[C@]12CCC(O[C@H]3C[C@H](O)[C@H](O)[C@@H](CO)O3)C[C@H]1C[C@]1(O)O[C@]13C2C(O)C(=O)[C@]1(C)[C@@H](C2=CC(=O)OC2)CC[C@]31O. The first-order valence-corrected chi connectivity index (χ1v) is 14.8. The van der Waals surface area contributed by atoms with Gasteiger partial charge in [0, 0.05) is 24.8 Å². The average molecular weight is 581 g/mol. The van der Waals surface area contributed by atoms with Gasteiger partial charge in [0.1, 0.15) is 30.5 Å². The molecule has 14 atom stereocenters. The van der Waals surface area contributed by atoms with Crippen LogP contribution in [0.4, 0.5) is 0 Å². The molecule has 0 amide bonds. The van der Waals surface area contributed by atoms with Gasteiger partial charge >= 0.3 is 5.97 Å². The van der Waals surface area contributed by atoms with Crippen LogP contribution < -0.4 is 0 Å². The molecule has 0 bridgehead atoms. The molecule has 3 aliphatic heterocycles. The number of hydrogen-bond donors (Lipinski definition) is 6. The molecule has 0 aromatic carbocycles. The maximum atomic E-state index is 14.2. The van der Waals surface area contributed by atoms with E-state index in [1.807, 2.05) is 6.92 Å². The van der Waals surface area contributed by atoms with E-state index in [0.29, 0.717) is 31.3 Å². The van der Waals surface area contributed by atoms with E-state index in [1.165, 1.54) is 6.08 Å². The molecule has 3 unspecified atom stereocenters. The minimum Gasteiger partial charge on any atom is -0.458 e. The second-order valence-electron chi connectivity index (χ2n) is 13.9. The Morgan fingerprint density at radius 3 is 2.51 bits per heavy atom. The summed E-state index contributed by atoms with van der Waals surface area (Å²) in [5, 5.41) is 65.9. The zero-order valence-electron chi connectivity index (χ0n) is 23.3. The standard InChI is InChI=1S/C29H40O12/c1-25-5-3-15(39-20-9-17(31)21(33)18(11-30)40-20)8-14(25)10-28(37)29(41-28)23(25)22(34)24(35)26(2)16(4-6-27(26,29)36)13-7-19(32)38-12-13/h7,14-18,20-23,30-31,33-34,36-37H,3-6,8-12H2,1-2H3/t14-,15?,16+,17-,18+,20+,21-,22?,23?,25-,26-,27+,28-,29-/m0/s1. The van der Waals surface area contributed by atoms with E-state index >= 15 is 0 Å². The van der Waals surface area contributed by atoms with Crippen molar-refractivity contribution in [3.8, 4) is 0 Å². The van der Waals surface area contributed by atoms with Crippen LogP contribution in [0.25, 0.3) is 0 Å². The van der Waals surface area contributed by atoms with Crippen LogP contribution >= 0.6 is 0 Å². The van der Waals surface area contributed by atoms with E-state index < -0.39 is 88.7 Å². The van der Waals surface area contributed by atoms with Gasteiger partial charge < -0.3 is 49.6 Å². The number of ketones is 1. The lowest BCUT2D eigenvalue weighted by atomic mass is 9.41. The number of hydrogen-bond acceptors (Lipinski definition) is 12. The minimum absolute atomic E-state index is 0.0288. The lowest BCUT2D eigenvalue weighted by Crippen LogP contribution is -2.77. The fourth-order valence-electron chi connectivity index (χ4n) is 10.1. The Balaban J connectivity index is 1.17. The molecule has 12 nitrogen and oxygen atoms in total. The first-order valence-electron chi connectivity index (χ1n) is 14.8. The molecule has 3 heterocycles. The quantitative estimate of drug-likeness (QED) is 0.136. The Morgan fingerprint density at radius 2 is 1.83 bits per heavy atom. The van der Waals surface area contributed by atoms with Gasteiger partial charge in [-0.25, -0.2) is 4.79 Å². The van der Waals surface area contributed by atoms with Crippen molar-refractivity contribution in [2.24, 2.45) is 28.6 Å². The highest BCUT2D eigenvalue weighted by Crippen LogP contribution is 2.79. The summed E-state index contributed by atoms with van der Waals surface area (Å²) in [6.07, 6.45) is -2.29. The Morgan fingerprint density at radius 1 is 1.07 bits per heavy atom. The summed E-state index contributed by atoms with van der Waals surface area (Å²) in [7, 11) is 0. The lowest BCUT2D eigenvalue weighted by molar-refractivity contribution is -0.280. The number of carbonyl (C=O) groups excluding carboxylic acids is 2. The van der Waals surface area contributed by atoms with Gasteiger partial charge in [0.2, 0.25) is 0 Å². The normalized spacial score (nSPS) is 57.7. The Kier molecular flexibility index (Phi) is 6.07. The highest BCUT2D eigenvalue weighted by atomic mass is 16.8. The predicted molar refractivity (Wildman–Crippen MR) is 135 cm³/mol. The van der Waals surface area contributed by atoms with E-state index in [4.69, 9.17) is 18.9 Å². The van der Waals surface area contributed by atoms with Crippen molar-refractivity contribution in [2.45, 2.75) is 113 Å². The second-order valence-corrected chi connectivity index (χ2v) is 13.9. The van der Waals surface area contributed by atoms with Crippen LogP contribution in [0.1, 0.15) is 58.8 Å². The number of rotatable bonds is 4. The number of aliphatic hydroxyl groups excluding tert-OH is 4. The van der Waals surface area contributed by atoms with Crippen molar-refractivity contribution in [1.29, 1.82) is 0 Å². The predicted octanol–water partition coefficient (Wildman–Crippen LogP) is -0.941. The van der Waals surface area contributed by atoms with Crippen LogP contribution in [-0.4, -0.2) is 109 Å². The van der Waals surface area contributed by atoms with Gasteiger partial charge in [0.05, 0.1) is 24.2 Å². The number of Topliss-reactive ketones (excluding diaryl/α,β-unsaturated/α-hetero) is 1. The smallest absolute Gasteiger partial charge is 0.331 e. The first-order chi connectivity index (χ1) is 19.3. The molecule has 6 N–H and O–H groups in total.